The van der Waals surface area contributed by atoms with Crippen LogP contribution in [0.15, 0.2) is 23.6 Å². The van der Waals surface area contributed by atoms with Gasteiger partial charge in [0.15, 0.2) is 0 Å². The molecule has 6 heteroatoms. The maximum absolute atomic E-state index is 6.03. The zero-order valence-electron chi connectivity index (χ0n) is 10.0. The normalized spacial score (nSPS) is 19.6. The molecule has 0 amide bonds. The van der Waals surface area contributed by atoms with Crippen molar-refractivity contribution in [2.24, 2.45) is 0 Å². The highest BCUT2D eigenvalue weighted by Gasteiger charge is 2.19. The van der Waals surface area contributed by atoms with Crippen molar-refractivity contribution >= 4 is 34.5 Å². The molecule has 1 atom stereocenters. The van der Waals surface area contributed by atoms with Crippen LogP contribution in [0.3, 0.4) is 0 Å². The molecule has 1 fully saturated rings. The van der Waals surface area contributed by atoms with E-state index in [4.69, 9.17) is 27.9 Å². The summed E-state index contributed by atoms with van der Waals surface area (Å²) in [5.74, 6) is 0. The Bertz CT molecular complexity index is 582. The highest BCUT2D eigenvalue weighted by Crippen LogP contribution is 2.31. The Kier molecular flexibility index (Phi) is 4.05. The van der Waals surface area contributed by atoms with Gasteiger partial charge >= 0.3 is 0 Å². The van der Waals surface area contributed by atoms with E-state index in [1.54, 1.807) is 17.4 Å². The number of hydrogen-bond donors (Lipinski definition) is 1. The second-order valence-corrected chi connectivity index (χ2v) is 5.97. The van der Waals surface area contributed by atoms with E-state index in [1.807, 2.05) is 17.5 Å². The molecular formula is C13H12Cl2N2OS. The Labute approximate surface area is 125 Å². The van der Waals surface area contributed by atoms with Crippen molar-refractivity contribution in [3.05, 3.63) is 38.6 Å². The van der Waals surface area contributed by atoms with E-state index in [9.17, 15) is 0 Å². The molecule has 1 saturated heterocycles. The molecule has 1 aliphatic heterocycles. The van der Waals surface area contributed by atoms with E-state index in [2.05, 4.69) is 10.3 Å². The number of nitrogens with zero attached hydrogens (tertiary/aromatic N) is 1. The molecule has 0 radical (unpaired) electrons. The summed E-state index contributed by atoms with van der Waals surface area (Å²) in [6.45, 7) is 2.45. The van der Waals surface area contributed by atoms with Crippen molar-refractivity contribution in [1.29, 1.82) is 0 Å². The number of ether oxygens (including phenoxy) is 1. The molecule has 3 rings (SSSR count). The van der Waals surface area contributed by atoms with E-state index < -0.39 is 0 Å². The van der Waals surface area contributed by atoms with Crippen molar-refractivity contribution in [1.82, 2.24) is 10.3 Å². The second kappa shape index (κ2) is 5.77. The van der Waals surface area contributed by atoms with Crippen molar-refractivity contribution < 1.29 is 4.74 Å². The van der Waals surface area contributed by atoms with Gasteiger partial charge in [-0.2, -0.15) is 0 Å². The molecule has 1 aromatic heterocycles. The van der Waals surface area contributed by atoms with Crippen LogP contribution < -0.4 is 5.32 Å². The first-order valence-corrected chi connectivity index (χ1v) is 7.61. The minimum Gasteiger partial charge on any atom is -0.368 e. The van der Waals surface area contributed by atoms with Crippen LogP contribution in [0.2, 0.25) is 10.0 Å². The lowest BCUT2D eigenvalue weighted by molar-refractivity contribution is 0.0276. The van der Waals surface area contributed by atoms with Gasteiger partial charge in [0.2, 0.25) is 0 Å². The van der Waals surface area contributed by atoms with Gasteiger partial charge in [0.25, 0.3) is 0 Å². The zero-order valence-corrected chi connectivity index (χ0v) is 12.4. The molecule has 1 aromatic carbocycles. The number of aromatic nitrogens is 1. The van der Waals surface area contributed by atoms with Gasteiger partial charge in [0, 0.05) is 24.0 Å². The van der Waals surface area contributed by atoms with Crippen LogP contribution in [0.25, 0.3) is 11.3 Å². The highest BCUT2D eigenvalue weighted by molar-refractivity contribution is 7.10. The number of hydrogen-bond acceptors (Lipinski definition) is 4. The second-order valence-electron chi connectivity index (χ2n) is 4.26. The molecule has 0 spiro atoms. The summed E-state index contributed by atoms with van der Waals surface area (Å²) >= 11 is 13.6. The molecule has 1 N–H and O–H groups in total. The first-order chi connectivity index (χ1) is 9.24. The lowest BCUT2D eigenvalue weighted by atomic mass is 10.2. The van der Waals surface area contributed by atoms with Crippen LogP contribution in [0.4, 0.5) is 0 Å². The van der Waals surface area contributed by atoms with Crippen LogP contribution in [-0.4, -0.2) is 24.7 Å². The lowest BCUT2D eigenvalue weighted by Crippen LogP contribution is -2.33. The van der Waals surface area contributed by atoms with Crippen molar-refractivity contribution in [2.75, 3.05) is 19.7 Å². The van der Waals surface area contributed by atoms with Gasteiger partial charge in [-0.15, -0.1) is 11.3 Å². The average molecular weight is 315 g/mol. The Morgan fingerprint density at radius 3 is 2.95 bits per heavy atom. The smallest absolute Gasteiger partial charge is 0.124 e. The lowest BCUT2D eigenvalue weighted by Gasteiger charge is -2.21. The summed E-state index contributed by atoms with van der Waals surface area (Å²) in [6.07, 6.45) is 0.0512. The quantitative estimate of drug-likeness (QED) is 0.916. The Hall–Kier alpha value is -0.650. The van der Waals surface area contributed by atoms with Crippen LogP contribution >= 0.6 is 34.5 Å². The number of morpholine rings is 1. The van der Waals surface area contributed by atoms with Gasteiger partial charge in [-0.3, -0.25) is 0 Å². The molecule has 0 saturated carbocycles. The number of halogens is 2. The largest absolute Gasteiger partial charge is 0.368 e. The van der Waals surface area contributed by atoms with Gasteiger partial charge in [0.1, 0.15) is 11.1 Å². The summed E-state index contributed by atoms with van der Waals surface area (Å²) in [5.41, 5.74) is 1.88. The van der Waals surface area contributed by atoms with Gasteiger partial charge in [-0.1, -0.05) is 29.3 Å². The highest BCUT2D eigenvalue weighted by atomic mass is 35.5. The van der Waals surface area contributed by atoms with Gasteiger partial charge in [0.05, 0.1) is 22.3 Å². The van der Waals surface area contributed by atoms with Crippen molar-refractivity contribution in [3.8, 4) is 11.3 Å². The van der Waals surface area contributed by atoms with E-state index >= 15 is 0 Å². The van der Waals surface area contributed by atoms with E-state index in [0.717, 1.165) is 36.0 Å². The van der Waals surface area contributed by atoms with Crippen LogP contribution in [-0.2, 0) is 4.74 Å². The van der Waals surface area contributed by atoms with E-state index in [0.29, 0.717) is 10.0 Å². The summed E-state index contributed by atoms with van der Waals surface area (Å²) in [5, 5.41) is 7.42. The molecular weight excluding hydrogens is 303 g/mol. The van der Waals surface area contributed by atoms with Crippen LogP contribution in [0.1, 0.15) is 11.1 Å². The van der Waals surface area contributed by atoms with Gasteiger partial charge in [-0.05, 0) is 12.1 Å². The van der Waals surface area contributed by atoms with Crippen molar-refractivity contribution in [2.45, 2.75) is 6.10 Å². The van der Waals surface area contributed by atoms with Gasteiger partial charge in [-0.25, -0.2) is 4.98 Å². The molecule has 2 aromatic rings. The number of nitrogens with one attached hydrogen (secondary N) is 1. The third kappa shape index (κ3) is 2.93. The molecule has 1 unspecified atom stereocenters. The SMILES string of the molecule is Clc1ccc(-c2csc(C3CNCCO3)n2)cc1Cl. The summed E-state index contributed by atoms with van der Waals surface area (Å²) < 4.78 is 5.69. The van der Waals surface area contributed by atoms with Crippen LogP contribution in [0.5, 0.6) is 0 Å². The molecule has 2 heterocycles. The van der Waals surface area contributed by atoms with Crippen LogP contribution in [0, 0.1) is 0 Å². The fraction of sp³-hybridized carbons (Fsp3) is 0.308. The minimum absolute atomic E-state index is 0.0512. The first-order valence-electron chi connectivity index (χ1n) is 5.97. The summed E-state index contributed by atoms with van der Waals surface area (Å²) in [6, 6.07) is 5.55. The molecule has 3 nitrogen and oxygen atoms in total. The fourth-order valence-electron chi connectivity index (χ4n) is 1.95. The maximum Gasteiger partial charge on any atom is 0.124 e. The topological polar surface area (TPSA) is 34.1 Å². The Morgan fingerprint density at radius 2 is 2.21 bits per heavy atom. The number of rotatable bonds is 2. The monoisotopic (exact) mass is 314 g/mol. The van der Waals surface area contributed by atoms with Gasteiger partial charge < -0.3 is 10.1 Å². The molecule has 19 heavy (non-hydrogen) atoms. The van der Waals surface area contributed by atoms with E-state index in [1.165, 1.54) is 0 Å². The van der Waals surface area contributed by atoms with Crippen molar-refractivity contribution in [3.63, 3.8) is 0 Å². The summed E-state index contributed by atoms with van der Waals surface area (Å²) in [7, 11) is 0. The predicted octanol–water partition coefficient (Wildman–Crippen LogP) is 3.78. The average Bonchev–Trinajstić information content (AvgIpc) is 2.93. The maximum atomic E-state index is 6.03. The summed E-state index contributed by atoms with van der Waals surface area (Å²) in [4.78, 5) is 4.63. The fourth-order valence-corrected chi connectivity index (χ4v) is 3.12. The number of thiazole rings is 1. The Morgan fingerprint density at radius 1 is 1.32 bits per heavy atom. The van der Waals surface area contributed by atoms with E-state index in [-0.39, 0.29) is 6.10 Å². The first kappa shape index (κ1) is 13.3. The minimum atomic E-state index is 0.0512. The molecule has 0 aliphatic carbocycles. The molecule has 100 valence electrons. The predicted molar refractivity (Wildman–Crippen MR) is 79.1 cm³/mol. The number of benzene rings is 1. The zero-order chi connectivity index (χ0) is 13.2. The third-order valence-corrected chi connectivity index (χ3v) is 4.62. The standard InChI is InChI=1S/C13H12Cl2N2OS/c14-9-2-1-8(5-10(9)15)11-7-19-13(17-11)12-6-16-3-4-18-12/h1-2,5,7,12,16H,3-4,6H2. The molecule has 1 aliphatic rings. The third-order valence-electron chi connectivity index (χ3n) is 2.94. The molecule has 0 bridgehead atoms. The Balaban J connectivity index is 1.85.